The van der Waals surface area contributed by atoms with Gasteiger partial charge in [0.15, 0.2) is 5.82 Å². The molecule has 1 N–H and O–H groups in total. The van der Waals surface area contributed by atoms with Crippen molar-refractivity contribution < 1.29 is 4.39 Å². The summed E-state index contributed by atoms with van der Waals surface area (Å²) in [5.41, 5.74) is 7.54. The molecule has 0 spiro atoms. The molecular formula is C27H26ClFN5P. The van der Waals surface area contributed by atoms with Crippen LogP contribution >= 0.6 is 19.5 Å². The molecule has 1 aromatic carbocycles. The third-order valence-electron chi connectivity index (χ3n) is 6.16. The minimum atomic E-state index is -0.469. The van der Waals surface area contributed by atoms with Gasteiger partial charge in [-0.05, 0) is 82.0 Å². The van der Waals surface area contributed by atoms with Crippen LogP contribution in [0.25, 0.3) is 22.3 Å². The van der Waals surface area contributed by atoms with Gasteiger partial charge in [-0.3, -0.25) is 4.98 Å². The maximum absolute atomic E-state index is 15.1. The standard InChI is InChI=1S/C27H26ClFN5P/c1-14-9-18(12-30)10-20(15(14)2)16(3)33-27-24(28)17(4)32-22-11-21(29)25(34-26(22)27)19-7-8-23(31-13-19)35(5)6/h7-11,13,16H,1-6H3,(H,32,33)/t16-/m1/s1. The van der Waals surface area contributed by atoms with Crippen molar-refractivity contribution in [2.45, 2.75) is 33.7 Å². The van der Waals surface area contributed by atoms with Gasteiger partial charge in [0.2, 0.25) is 0 Å². The van der Waals surface area contributed by atoms with E-state index in [9.17, 15) is 5.26 Å². The molecule has 0 saturated heterocycles. The lowest BCUT2D eigenvalue weighted by molar-refractivity contribution is 0.628. The zero-order chi connectivity index (χ0) is 25.4. The molecule has 4 aromatic rings. The number of nitriles is 1. The van der Waals surface area contributed by atoms with Gasteiger partial charge in [-0.15, -0.1) is 0 Å². The molecule has 0 saturated carbocycles. The van der Waals surface area contributed by atoms with Gasteiger partial charge in [0, 0.05) is 23.9 Å². The second kappa shape index (κ2) is 9.85. The van der Waals surface area contributed by atoms with Gasteiger partial charge in [-0.1, -0.05) is 19.5 Å². The van der Waals surface area contributed by atoms with E-state index in [1.807, 2.05) is 45.0 Å². The number of aryl methyl sites for hydroxylation is 2. The van der Waals surface area contributed by atoms with Crippen LogP contribution in [0.3, 0.4) is 0 Å². The first kappa shape index (κ1) is 25.0. The number of pyridine rings is 3. The van der Waals surface area contributed by atoms with Gasteiger partial charge in [-0.2, -0.15) is 5.26 Å². The number of halogens is 2. The molecule has 5 nitrogen and oxygen atoms in total. The number of hydrogen-bond donors (Lipinski definition) is 1. The van der Waals surface area contributed by atoms with E-state index in [1.54, 1.807) is 13.1 Å². The third-order valence-corrected chi connectivity index (χ3v) is 7.80. The zero-order valence-corrected chi connectivity index (χ0v) is 22.2. The Labute approximate surface area is 211 Å². The Hall–Kier alpha value is -3.13. The van der Waals surface area contributed by atoms with Crippen molar-refractivity contribution in [2.75, 3.05) is 18.6 Å². The molecule has 178 valence electrons. The summed E-state index contributed by atoms with van der Waals surface area (Å²) in [6, 6.07) is 11.0. The summed E-state index contributed by atoms with van der Waals surface area (Å²) in [5, 5.41) is 13.3. The molecule has 0 aliphatic heterocycles. The van der Waals surface area contributed by atoms with Crippen LogP contribution in [-0.4, -0.2) is 28.3 Å². The summed E-state index contributed by atoms with van der Waals surface area (Å²) in [5.74, 6) is -0.469. The number of hydrogen-bond acceptors (Lipinski definition) is 5. The van der Waals surface area contributed by atoms with Crippen molar-refractivity contribution >= 4 is 41.7 Å². The van der Waals surface area contributed by atoms with Gasteiger partial charge >= 0.3 is 0 Å². The van der Waals surface area contributed by atoms with E-state index in [4.69, 9.17) is 11.6 Å². The average molecular weight is 506 g/mol. The van der Waals surface area contributed by atoms with Gasteiger partial charge in [0.05, 0.1) is 39.0 Å². The second-order valence-corrected chi connectivity index (χ2v) is 11.5. The lowest BCUT2D eigenvalue weighted by atomic mass is 9.95. The molecule has 0 aliphatic rings. The Balaban J connectivity index is 1.85. The van der Waals surface area contributed by atoms with E-state index in [0.29, 0.717) is 38.6 Å². The van der Waals surface area contributed by atoms with Crippen LogP contribution in [0.1, 0.15) is 40.9 Å². The minimum absolute atomic E-state index is 0.186. The second-order valence-electron chi connectivity index (χ2n) is 8.86. The first-order chi connectivity index (χ1) is 16.6. The van der Waals surface area contributed by atoms with Crippen LogP contribution in [0.5, 0.6) is 0 Å². The molecule has 0 aliphatic carbocycles. The number of benzene rings is 1. The molecular weight excluding hydrogens is 480 g/mol. The summed E-state index contributed by atoms with van der Waals surface area (Å²) in [7, 11) is -0.350. The van der Waals surface area contributed by atoms with Crippen molar-refractivity contribution in [1.29, 1.82) is 5.26 Å². The van der Waals surface area contributed by atoms with Crippen molar-refractivity contribution in [3.8, 4) is 17.3 Å². The van der Waals surface area contributed by atoms with Crippen LogP contribution in [0.15, 0.2) is 36.5 Å². The van der Waals surface area contributed by atoms with Crippen LogP contribution in [0.4, 0.5) is 10.1 Å². The van der Waals surface area contributed by atoms with Gasteiger partial charge in [-0.25, -0.2) is 14.4 Å². The number of nitrogens with one attached hydrogen (secondary N) is 1. The zero-order valence-electron chi connectivity index (χ0n) is 20.5. The lowest BCUT2D eigenvalue weighted by Gasteiger charge is -2.22. The number of rotatable bonds is 5. The summed E-state index contributed by atoms with van der Waals surface area (Å²) in [6.07, 6.45) is 1.66. The number of fused-ring (bicyclic) bond motifs is 1. The topological polar surface area (TPSA) is 74.5 Å². The van der Waals surface area contributed by atoms with Crippen LogP contribution in [-0.2, 0) is 0 Å². The molecule has 0 fully saturated rings. The summed E-state index contributed by atoms with van der Waals surface area (Å²) in [6.45, 7) is 12.0. The molecule has 0 unspecified atom stereocenters. The van der Waals surface area contributed by atoms with Gasteiger partial charge in [0.25, 0.3) is 0 Å². The molecule has 3 heterocycles. The highest BCUT2D eigenvalue weighted by atomic mass is 35.5. The third kappa shape index (κ3) is 4.85. The first-order valence-electron chi connectivity index (χ1n) is 11.2. The molecule has 1 atom stereocenters. The van der Waals surface area contributed by atoms with Crippen molar-refractivity contribution in [3.63, 3.8) is 0 Å². The normalized spacial score (nSPS) is 12.1. The fraction of sp³-hybridized carbons (Fsp3) is 0.259. The molecule has 8 heteroatoms. The smallest absolute Gasteiger partial charge is 0.151 e. The SMILES string of the molecule is Cc1cc(C#N)cc([C@@H](C)Nc2c(Cl)c(C)nc3cc(F)c(-c4ccc(P(C)C)nc4)nc23)c1C. The monoisotopic (exact) mass is 505 g/mol. The van der Waals surface area contributed by atoms with E-state index in [0.717, 1.165) is 22.1 Å². The van der Waals surface area contributed by atoms with Crippen molar-refractivity contribution in [1.82, 2.24) is 15.0 Å². The Morgan fingerprint density at radius 3 is 2.49 bits per heavy atom. The highest BCUT2D eigenvalue weighted by Crippen LogP contribution is 2.37. The lowest BCUT2D eigenvalue weighted by Crippen LogP contribution is -2.12. The molecule has 0 bridgehead atoms. The Kier molecular flexibility index (Phi) is 7.03. The highest BCUT2D eigenvalue weighted by Gasteiger charge is 2.20. The van der Waals surface area contributed by atoms with E-state index in [1.165, 1.54) is 6.07 Å². The Morgan fingerprint density at radius 1 is 1.11 bits per heavy atom. The predicted molar refractivity (Wildman–Crippen MR) is 144 cm³/mol. The first-order valence-corrected chi connectivity index (χ1v) is 13.8. The molecule has 0 radical (unpaired) electrons. The number of aromatic nitrogens is 3. The van der Waals surface area contributed by atoms with Crippen molar-refractivity contribution in [2.24, 2.45) is 0 Å². The van der Waals surface area contributed by atoms with Gasteiger partial charge < -0.3 is 5.32 Å². The molecule has 0 amide bonds. The number of nitrogens with zero attached hydrogens (tertiary/aromatic N) is 4. The summed E-state index contributed by atoms with van der Waals surface area (Å²) in [4.78, 5) is 13.6. The van der Waals surface area contributed by atoms with E-state index < -0.39 is 5.82 Å². The molecule has 35 heavy (non-hydrogen) atoms. The Bertz CT molecular complexity index is 1480. The Morgan fingerprint density at radius 2 is 1.86 bits per heavy atom. The molecule has 4 rings (SSSR count). The quantitative estimate of drug-likeness (QED) is 0.301. The summed E-state index contributed by atoms with van der Waals surface area (Å²) >= 11 is 6.71. The molecule has 3 aromatic heterocycles. The van der Waals surface area contributed by atoms with Crippen LogP contribution in [0.2, 0.25) is 5.02 Å². The maximum atomic E-state index is 15.1. The number of anilines is 1. The predicted octanol–water partition coefficient (Wildman–Crippen LogP) is 6.82. The largest absolute Gasteiger partial charge is 0.375 e. The fourth-order valence-corrected chi connectivity index (χ4v) is 4.93. The van der Waals surface area contributed by atoms with Crippen LogP contribution < -0.4 is 10.8 Å². The van der Waals surface area contributed by atoms with Crippen molar-refractivity contribution in [3.05, 3.63) is 75.3 Å². The average Bonchev–Trinajstić information content (AvgIpc) is 2.83. The van der Waals surface area contributed by atoms with Gasteiger partial charge in [0.1, 0.15) is 11.2 Å². The highest BCUT2D eigenvalue weighted by molar-refractivity contribution is 7.63. The fourth-order valence-electron chi connectivity index (χ4n) is 4.08. The minimum Gasteiger partial charge on any atom is -0.375 e. The maximum Gasteiger partial charge on any atom is 0.151 e. The van der Waals surface area contributed by atoms with E-state index >= 15 is 4.39 Å². The van der Waals surface area contributed by atoms with Crippen LogP contribution in [0, 0.1) is 37.9 Å². The van der Waals surface area contributed by atoms with E-state index in [-0.39, 0.29) is 19.7 Å². The summed E-state index contributed by atoms with van der Waals surface area (Å²) < 4.78 is 15.1. The van der Waals surface area contributed by atoms with E-state index in [2.05, 4.69) is 39.7 Å².